The van der Waals surface area contributed by atoms with Crippen LogP contribution in [0.25, 0.3) is 11.3 Å². The van der Waals surface area contributed by atoms with Crippen LogP contribution in [-0.2, 0) is 7.05 Å². The van der Waals surface area contributed by atoms with Crippen LogP contribution < -0.4 is 4.74 Å². The molecule has 4 nitrogen and oxygen atoms in total. The van der Waals surface area contributed by atoms with E-state index in [0.717, 1.165) is 6.07 Å². The molecule has 2 aromatic rings. The summed E-state index contributed by atoms with van der Waals surface area (Å²) in [7, 11) is 1.62. The summed E-state index contributed by atoms with van der Waals surface area (Å²) in [4.78, 5) is 0. The van der Waals surface area contributed by atoms with Gasteiger partial charge < -0.3 is 4.74 Å². The minimum Gasteiger partial charge on any atom is -0.405 e. The Labute approximate surface area is 94.6 Å². The molecule has 0 fully saturated rings. The molecule has 0 spiro atoms. The van der Waals surface area contributed by atoms with E-state index >= 15 is 0 Å². The van der Waals surface area contributed by atoms with E-state index in [4.69, 9.17) is 0 Å². The number of ether oxygens (including phenoxy) is 1. The van der Waals surface area contributed by atoms with Crippen LogP contribution in [0.2, 0.25) is 0 Å². The Morgan fingerprint density at radius 1 is 1.41 bits per heavy atom. The zero-order chi connectivity index (χ0) is 12.5. The van der Waals surface area contributed by atoms with Crippen LogP contribution in [0.5, 0.6) is 5.75 Å². The van der Waals surface area contributed by atoms with Crippen molar-refractivity contribution >= 4 is 0 Å². The first-order valence-corrected chi connectivity index (χ1v) is 4.58. The molecule has 0 bridgehead atoms. The van der Waals surface area contributed by atoms with Gasteiger partial charge in [0.2, 0.25) is 0 Å². The molecule has 0 aliphatic carbocycles. The number of hydrogen-bond acceptors (Lipinski definition) is 3. The number of halogens is 3. The van der Waals surface area contributed by atoms with Gasteiger partial charge in [0, 0.05) is 12.6 Å². The van der Waals surface area contributed by atoms with Crippen molar-refractivity contribution in [2.75, 3.05) is 0 Å². The zero-order valence-electron chi connectivity index (χ0n) is 8.69. The molecule has 1 aromatic carbocycles. The van der Waals surface area contributed by atoms with Crippen molar-refractivity contribution in [3.63, 3.8) is 0 Å². The minimum absolute atomic E-state index is 0.217. The smallest absolute Gasteiger partial charge is 0.405 e. The van der Waals surface area contributed by atoms with Crippen molar-refractivity contribution in [3.8, 4) is 17.0 Å². The molecule has 0 N–H and O–H groups in total. The molecule has 17 heavy (non-hydrogen) atoms. The highest BCUT2D eigenvalue weighted by Crippen LogP contribution is 2.31. The molecule has 2 rings (SSSR count). The van der Waals surface area contributed by atoms with Gasteiger partial charge in [-0.15, -0.1) is 18.3 Å². The van der Waals surface area contributed by atoms with Gasteiger partial charge in [-0.2, -0.15) is 0 Å². The summed E-state index contributed by atoms with van der Waals surface area (Å²) in [6.07, 6.45) is -3.25. The fourth-order valence-corrected chi connectivity index (χ4v) is 1.31. The fraction of sp³-hybridized carbons (Fsp3) is 0.200. The third-order valence-corrected chi connectivity index (χ3v) is 1.93. The summed E-state index contributed by atoms with van der Waals surface area (Å²) in [5.74, 6) is -0.347. The molecule has 0 unspecified atom stereocenters. The predicted octanol–water partition coefficient (Wildman–Crippen LogP) is 2.18. The van der Waals surface area contributed by atoms with Crippen molar-refractivity contribution < 1.29 is 17.9 Å². The Balaban J connectivity index is 2.41. The van der Waals surface area contributed by atoms with E-state index in [1.807, 2.05) is 0 Å². The lowest BCUT2D eigenvalue weighted by Crippen LogP contribution is -2.17. The first kappa shape index (κ1) is 11.4. The van der Waals surface area contributed by atoms with Gasteiger partial charge in [-0.3, -0.25) is 4.68 Å². The van der Waals surface area contributed by atoms with E-state index in [0.29, 0.717) is 5.69 Å². The van der Waals surface area contributed by atoms with E-state index in [9.17, 15) is 13.2 Å². The Bertz CT molecular complexity index is 522. The Kier molecular flexibility index (Phi) is 2.74. The lowest BCUT2D eigenvalue weighted by atomic mass is 10.1. The van der Waals surface area contributed by atoms with Crippen molar-refractivity contribution in [3.05, 3.63) is 30.5 Å². The average Bonchev–Trinajstić information content (AvgIpc) is 2.63. The number of alkyl halides is 3. The molecule has 1 aromatic heterocycles. The second kappa shape index (κ2) is 4.08. The largest absolute Gasteiger partial charge is 0.573 e. The Hall–Kier alpha value is -2.05. The molecular formula is C10H7F3N3O. The van der Waals surface area contributed by atoms with E-state index in [-0.39, 0.29) is 11.3 Å². The first-order chi connectivity index (χ1) is 7.96. The van der Waals surface area contributed by atoms with Gasteiger partial charge in [0.05, 0.1) is 6.20 Å². The van der Waals surface area contributed by atoms with Crippen LogP contribution in [-0.4, -0.2) is 21.4 Å². The van der Waals surface area contributed by atoms with Crippen molar-refractivity contribution in [2.24, 2.45) is 7.05 Å². The summed E-state index contributed by atoms with van der Waals surface area (Å²) in [6.45, 7) is 0. The highest BCUT2D eigenvalue weighted by molar-refractivity contribution is 5.65. The zero-order valence-corrected chi connectivity index (χ0v) is 8.69. The van der Waals surface area contributed by atoms with Crippen LogP contribution in [0.15, 0.2) is 24.4 Å². The number of benzene rings is 1. The third-order valence-electron chi connectivity index (χ3n) is 1.93. The second-order valence-corrected chi connectivity index (χ2v) is 3.25. The van der Waals surface area contributed by atoms with Crippen LogP contribution in [0.1, 0.15) is 0 Å². The van der Waals surface area contributed by atoms with Gasteiger partial charge in [-0.1, -0.05) is 11.3 Å². The van der Waals surface area contributed by atoms with Gasteiger partial charge in [0.1, 0.15) is 11.4 Å². The van der Waals surface area contributed by atoms with E-state index < -0.39 is 6.36 Å². The molecule has 1 heterocycles. The monoisotopic (exact) mass is 242 g/mol. The Morgan fingerprint density at radius 3 is 2.76 bits per heavy atom. The van der Waals surface area contributed by atoms with Crippen LogP contribution in [0.4, 0.5) is 13.2 Å². The SMILES string of the molecule is Cn1cc(-c2cc[c]cc2OC(F)(F)F)nn1. The molecule has 0 atom stereocenters. The van der Waals surface area contributed by atoms with Gasteiger partial charge in [-0.25, -0.2) is 0 Å². The van der Waals surface area contributed by atoms with Gasteiger partial charge >= 0.3 is 6.36 Å². The van der Waals surface area contributed by atoms with E-state index in [1.54, 1.807) is 7.05 Å². The highest BCUT2D eigenvalue weighted by atomic mass is 19.4. The maximum atomic E-state index is 12.2. The number of aryl methyl sites for hydroxylation is 1. The summed E-state index contributed by atoms with van der Waals surface area (Å²) in [6, 6.07) is 6.54. The molecule has 1 radical (unpaired) electrons. The second-order valence-electron chi connectivity index (χ2n) is 3.25. The van der Waals surface area contributed by atoms with Gasteiger partial charge in [0.15, 0.2) is 0 Å². The minimum atomic E-state index is -4.74. The lowest BCUT2D eigenvalue weighted by Gasteiger charge is -2.11. The molecule has 0 saturated heterocycles. The maximum Gasteiger partial charge on any atom is 0.573 e. The average molecular weight is 242 g/mol. The molecule has 7 heteroatoms. The van der Waals surface area contributed by atoms with Gasteiger partial charge in [0.25, 0.3) is 0 Å². The Morgan fingerprint density at radius 2 is 2.18 bits per heavy atom. The summed E-state index contributed by atoms with van der Waals surface area (Å²) in [5, 5.41) is 7.38. The maximum absolute atomic E-state index is 12.2. The van der Waals surface area contributed by atoms with Crippen LogP contribution in [0.3, 0.4) is 0 Å². The van der Waals surface area contributed by atoms with Crippen molar-refractivity contribution in [2.45, 2.75) is 6.36 Å². The third kappa shape index (κ3) is 2.74. The summed E-state index contributed by atoms with van der Waals surface area (Å²) < 4.78 is 41.8. The lowest BCUT2D eigenvalue weighted by molar-refractivity contribution is -0.274. The quantitative estimate of drug-likeness (QED) is 0.810. The predicted molar refractivity (Wildman–Crippen MR) is 52.0 cm³/mol. The molecule has 0 amide bonds. The molecule has 89 valence electrons. The molecule has 0 aliphatic rings. The summed E-state index contributed by atoms with van der Waals surface area (Å²) in [5.41, 5.74) is 0.523. The van der Waals surface area contributed by atoms with Crippen molar-refractivity contribution in [1.82, 2.24) is 15.0 Å². The van der Waals surface area contributed by atoms with Crippen molar-refractivity contribution in [1.29, 1.82) is 0 Å². The number of rotatable bonds is 2. The van der Waals surface area contributed by atoms with Gasteiger partial charge in [-0.05, 0) is 18.2 Å². The number of hydrogen-bond donors (Lipinski definition) is 0. The summed E-state index contributed by atoms with van der Waals surface area (Å²) >= 11 is 0. The van der Waals surface area contributed by atoms with Crippen LogP contribution in [0, 0.1) is 6.07 Å². The van der Waals surface area contributed by atoms with E-state index in [1.165, 1.54) is 23.0 Å². The standard InChI is InChI=1S/C10H7F3N3O/c1-16-6-8(14-15-16)7-4-2-3-5-9(7)17-10(11,12)13/h2,4-6H,1H3. The molecular weight excluding hydrogens is 235 g/mol. The van der Waals surface area contributed by atoms with Crippen LogP contribution >= 0.6 is 0 Å². The highest BCUT2D eigenvalue weighted by Gasteiger charge is 2.32. The fourth-order valence-electron chi connectivity index (χ4n) is 1.31. The molecule has 0 saturated carbocycles. The topological polar surface area (TPSA) is 39.9 Å². The normalized spacial score (nSPS) is 11.5. The number of nitrogens with zero attached hydrogens (tertiary/aromatic N) is 3. The van der Waals surface area contributed by atoms with E-state index in [2.05, 4.69) is 21.1 Å². The molecule has 0 aliphatic heterocycles. The number of aromatic nitrogens is 3. The first-order valence-electron chi connectivity index (χ1n) is 4.58.